The zero-order valence-electron chi connectivity index (χ0n) is 8.43. The molecule has 1 unspecified atom stereocenters. The van der Waals surface area contributed by atoms with Crippen LogP contribution < -0.4 is 0 Å². The van der Waals surface area contributed by atoms with E-state index in [1.807, 2.05) is 12.1 Å². The highest BCUT2D eigenvalue weighted by Crippen LogP contribution is 2.30. The van der Waals surface area contributed by atoms with Crippen LogP contribution in [0.15, 0.2) is 12.1 Å². The van der Waals surface area contributed by atoms with Crippen LogP contribution in [0.1, 0.15) is 24.9 Å². The van der Waals surface area contributed by atoms with Gasteiger partial charge in [0.05, 0.1) is 9.21 Å². The summed E-state index contributed by atoms with van der Waals surface area (Å²) in [6.07, 6.45) is 2.06. The van der Waals surface area contributed by atoms with Crippen molar-refractivity contribution < 1.29 is 5.11 Å². The molecule has 2 aromatic rings. The summed E-state index contributed by atoms with van der Waals surface area (Å²) in [4.78, 5) is 5.37. The van der Waals surface area contributed by atoms with Crippen molar-refractivity contribution in [3.63, 3.8) is 0 Å². The zero-order chi connectivity index (χ0) is 11.1. The molecule has 1 atom stereocenters. The highest BCUT2D eigenvalue weighted by atomic mass is 35.5. The molecule has 0 aliphatic carbocycles. The van der Waals surface area contributed by atoms with Crippen LogP contribution in [-0.4, -0.2) is 19.9 Å². The number of nitrogens with zero attached hydrogens (tertiary/aromatic N) is 3. The predicted octanol–water partition coefficient (Wildman–Crippen LogP) is 2.49. The van der Waals surface area contributed by atoms with Crippen LogP contribution in [0.5, 0.6) is 0 Å². The average molecular weight is 256 g/mol. The largest absolute Gasteiger partial charge is 0.372 e. The van der Waals surface area contributed by atoms with Crippen LogP contribution >= 0.6 is 22.9 Å². The van der Waals surface area contributed by atoms with Gasteiger partial charge in [-0.25, -0.2) is 9.67 Å². The summed E-state index contributed by atoms with van der Waals surface area (Å²) in [7, 11) is 0. The van der Waals surface area contributed by atoms with Crippen LogP contribution in [0.2, 0.25) is 4.34 Å². The van der Waals surface area contributed by atoms with Gasteiger partial charge >= 0.3 is 0 Å². The Bertz CT molecular complexity index is 522. The number of thiophene rings is 1. The van der Waals surface area contributed by atoms with E-state index >= 15 is 0 Å². The molecule has 0 fully saturated rings. The molecule has 3 heterocycles. The quantitative estimate of drug-likeness (QED) is 0.852. The summed E-state index contributed by atoms with van der Waals surface area (Å²) < 4.78 is 2.34. The average Bonchev–Trinajstić information content (AvgIpc) is 2.84. The number of aryl methyl sites for hydroxylation is 1. The molecule has 0 amide bonds. The molecule has 0 bridgehead atoms. The second kappa shape index (κ2) is 3.84. The van der Waals surface area contributed by atoms with E-state index in [2.05, 4.69) is 10.1 Å². The SMILES string of the molecule is OC1CCCc2nc(-c3ccc(Cl)s3)nn21. The summed E-state index contributed by atoms with van der Waals surface area (Å²) in [6.45, 7) is 0. The van der Waals surface area contributed by atoms with Crippen LogP contribution in [-0.2, 0) is 6.42 Å². The molecule has 1 N–H and O–H groups in total. The molecule has 16 heavy (non-hydrogen) atoms. The van der Waals surface area contributed by atoms with Gasteiger partial charge in [0.2, 0.25) is 0 Å². The first-order valence-corrected chi connectivity index (χ1v) is 6.33. The molecule has 0 saturated heterocycles. The minimum Gasteiger partial charge on any atom is -0.372 e. The van der Waals surface area contributed by atoms with E-state index in [1.54, 1.807) is 4.68 Å². The fourth-order valence-corrected chi connectivity index (χ4v) is 2.84. The molecule has 0 saturated carbocycles. The standard InChI is InChI=1S/C10H10ClN3OS/c11-7-5-4-6(16-7)10-12-8-2-1-3-9(15)14(8)13-10/h4-5,9,15H,1-3H2. The van der Waals surface area contributed by atoms with E-state index in [-0.39, 0.29) is 0 Å². The van der Waals surface area contributed by atoms with Crippen molar-refractivity contribution in [3.8, 4) is 10.7 Å². The monoisotopic (exact) mass is 255 g/mol. The van der Waals surface area contributed by atoms with Crippen molar-refractivity contribution in [2.75, 3.05) is 0 Å². The Morgan fingerprint density at radius 3 is 3.06 bits per heavy atom. The minimum atomic E-state index is -0.527. The lowest BCUT2D eigenvalue weighted by Crippen LogP contribution is -2.18. The Balaban J connectivity index is 2.04. The summed E-state index contributed by atoms with van der Waals surface area (Å²) in [5.74, 6) is 1.52. The maximum absolute atomic E-state index is 9.76. The number of aliphatic hydroxyl groups is 1. The number of rotatable bonds is 1. The Morgan fingerprint density at radius 2 is 2.38 bits per heavy atom. The maximum atomic E-state index is 9.76. The van der Waals surface area contributed by atoms with Crippen LogP contribution in [0.4, 0.5) is 0 Å². The van der Waals surface area contributed by atoms with E-state index in [1.165, 1.54) is 11.3 Å². The fourth-order valence-electron chi connectivity index (χ4n) is 1.87. The molecule has 1 aliphatic heterocycles. The van der Waals surface area contributed by atoms with Crippen molar-refractivity contribution in [2.24, 2.45) is 0 Å². The lowest BCUT2D eigenvalue weighted by molar-refractivity contribution is 0.0648. The van der Waals surface area contributed by atoms with Gasteiger partial charge in [0.1, 0.15) is 12.1 Å². The summed E-state index contributed by atoms with van der Waals surface area (Å²) >= 11 is 7.32. The van der Waals surface area contributed by atoms with E-state index in [4.69, 9.17) is 11.6 Å². The highest BCUT2D eigenvalue weighted by Gasteiger charge is 2.21. The number of halogens is 1. The van der Waals surface area contributed by atoms with Crippen LogP contribution in [0, 0.1) is 0 Å². The van der Waals surface area contributed by atoms with Gasteiger partial charge in [-0.2, -0.15) is 0 Å². The third-order valence-electron chi connectivity index (χ3n) is 2.64. The van der Waals surface area contributed by atoms with Crippen LogP contribution in [0.25, 0.3) is 10.7 Å². The topological polar surface area (TPSA) is 50.9 Å². The third-order valence-corrected chi connectivity index (χ3v) is 3.87. The normalized spacial score (nSPS) is 19.8. The first kappa shape index (κ1) is 10.3. The van der Waals surface area contributed by atoms with Crippen molar-refractivity contribution >= 4 is 22.9 Å². The first-order valence-electron chi connectivity index (χ1n) is 5.13. The van der Waals surface area contributed by atoms with Gasteiger partial charge in [0, 0.05) is 6.42 Å². The van der Waals surface area contributed by atoms with Crippen molar-refractivity contribution in [1.29, 1.82) is 0 Å². The number of aromatic nitrogens is 3. The second-order valence-electron chi connectivity index (χ2n) is 3.77. The van der Waals surface area contributed by atoms with Gasteiger partial charge in [0.25, 0.3) is 0 Å². The molecule has 3 rings (SSSR count). The van der Waals surface area contributed by atoms with E-state index in [9.17, 15) is 5.11 Å². The Kier molecular flexibility index (Phi) is 2.46. The summed E-state index contributed by atoms with van der Waals surface area (Å²) in [6, 6.07) is 3.73. The number of hydrogen-bond donors (Lipinski definition) is 1. The van der Waals surface area contributed by atoms with Crippen molar-refractivity contribution in [3.05, 3.63) is 22.3 Å². The maximum Gasteiger partial charge on any atom is 0.191 e. The van der Waals surface area contributed by atoms with Crippen LogP contribution in [0.3, 0.4) is 0 Å². The zero-order valence-corrected chi connectivity index (χ0v) is 10.0. The lowest BCUT2D eigenvalue weighted by atomic mass is 10.1. The Morgan fingerprint density at radius 1 is 1.50 bits per heavy atom. The smallest absolute Gasteiger partial charge is 0.191 e. The number of aliphatic hydroxyl groups excluding tert-OH is 1. The van der Waals surface area contributed by atoms with Gasteiger partial charge in [-0.15, -0.1) is 16.4 Å². The summed E-state index contributed by atoms with van der Waals surface area (Å²) in [5, 5.41) is 14.1. The third kappa shape index (κ3) is 1.65. The molecule has 4 nitrogen and oxygen atoms in total. The molecule has 0 aromatic carbocycles. The highest BCUT2D eigenvalue weighted by molar-refractivity contribution is 7.19. The van der Waals surface area contributed by atoms with E-state index in [0.717, 1.165) is 34.3 Å². The van der Waals surface area contributed by atoms with E-state index in [0.29, 0.717) is 5.82 Å². The van der Waals surface area contributed by atoms with Gasteiger partial charge < -0.3 is 5.11 Å². The number of hydrogen-bond acceptors (Lipinski definition) is 4. The molecule has 0 radical (unpaired) electrons. The molecule has 2 aromatic heterocycles. The molecular weight excluding hydrogens is 246 g/mol. The van der Waals surface area contributed by atoms with Gasteiger partial charge in [0.15, 0.2) is 5.82 Å². The summed E-state index contributed by atoms with van der Waals surface area (Å²) in [5.41, 5.74) is 0. The molecule has 84 valence electrons. The van der Waals surface area contributed by atoms with Crippen molar-refractivity contribution in [1.82, 2.24) is 14.8 Å². The van der Waals surface area contributed by atoms with Gasteiger partial charge in [-0.3, -0.25) is 0 Å². The molecule has 0 spiro atoms. The minimum absolute atomic E-state index is 0.527. The predicted molar refractivity (Wildman–Crippen MR) is 62.5 cm³/mol. The van der Waals surface area contributed by atoms with Gasteiger partial charge in [-0.05, 0) is 25.0 Å². The Hall–Kier alpha value is -0.910. The number of fused-ring (bicyclic) bond motifs is 1. The molecular formula is C10H10ClN3OS. The Labute approximate surface area is 102 Å². The fraction of sp³-hybridized carbons (Fsp3) is 0.400. The van der Waals surface area contributed by atoms with E-state index < -0.39 is 6.23 Å². The molecule has 1 aliphatic rings. The van der Waals surface area contributed by atoms with Crippen molar-refractivity contribution in [2.45, 2.75) is 25.5 Å². The van der Waals surface area contributed by atoms with Gasteiger partial charge in [-0.1, -0.05) is 11.6 Å². The lowest BCUT2D eigenvalue weighted by Gasteiger charge is -2.17. The molecule has 6 heteroatoms. The first-order chi connectivity index (χ1) is 7.74. The second-order valence-corrected chi connectivity index (χ2v) is 5.49.